The predicted molar refractivity (Wildman–Crippen MR) is 173 cm³/mol. The Bertz CT molecular complexity index is 1580. The van der Waals surface area contributed by atoms with E-state index in [1.807, 2.05) is 0 Å². The number of rotatable bonds is 4. The van der Waals surface area contributed by atoms with Gasteiger partial charge in [0.25, 0.3) is 0 Å². The Balaban J connectivity index is 1.60. The van der Waals surface area contributed by atoms with E-state index in [1.165, 1.54) is 22.3 Å². The zero-order chi connectivity index (χ0) is 27.8. The van der Waals surface area contributed by atoms with Crippen molar-refractivity contribution >= 4 is 18.5 Å². The van der Waals surface area contributed by atoms with Crippen LogP contribution in [0, 0.1) is 0 Å². The van der Waals surface area contributed by atoms with Crippen LogP contribution in [-0.4, -0.2) is 8.07 Å². The van der Waals surface area contributed by atoms with Crippen molar-refractivity contribution < 1.29 is 14.0 Å². The van der Waals surface area contributed by atoms with Gasteiger partial charge in [-0.2, -0.15) is 0 Å². The van der Waals surface area contributed by atoms with Crippen LogP contribution in [0.25, 0.3) is 32.6 Å². The summed E-state index contributed by atoms with van der Waals surface area (Å²) >= 11 is -2.39. The average molecular weight is 576 g/mol. The molecule has 0 fully saturated rings. The molecule has 2 aliphatic carbocycles. The molecule has 0 saturated carbocycles. The van der Waals surface area contributed by atoms with Crippen molar-refractivity contribution in [1.82, 2.24) is 0 Å². The Hall–Kier alpha value is -2.84. The molecule has 0 radical (unpaired) electrons. The van der Waals surface area contributed by atoms with Crippen molar-refractivity contribution in [2.24, 2.45) is 0 Å². The van der Waals surface area contributed by atoms with E-state index in [9.17, 15) is 0 Å². The maximum absolute atomic E-state index is 2.75. The Morgan fingerprint density at radius 3 is 1.32 bits per heavy atom. The van der Waals surface area contributed by atoms with Gasteiger partial charge in [0, 0.05) is 0 Å². The van der Waals surface area contributed by atoms with Crippen LogP contribution < -0.4 is 0 Å². The van der Waals surface area contributed by atoms with Gasteiger partial charge in [-0.25, -0.2) is 0 Å². The Morgan fingerprint density at radius 2 is 0.950 bits per heavy atom. The fourth-order valence-electron chi connectivity index (χ4n) is 8.80. The summed E-state index contributed by atoms with van der Waals surface area (Å²) in [6.07, 6.45) is 2.32. The number of hydrogen-bond donors (Lipinski definition) is 0. The first-order valence-electron chi connectivity index (χ1n) is 15.0. The van der Waals surface area contributed by atoms with Crippen LogP contribution in [0.1, 0.15) is 58.2 Å². The van der Waals surface area contributed by atoms with Gasteiger partial charge < -0.3 is 0 Å². The van der Waals surface area contributed by atoms with Crippen LogP contribution in [0.2, 0.25) is 24.4 Å². The molecule has 3 aliphatic rings. The first-order valence-corrected chi connectivity index (χ1v) is 22.4. The first-order chi connectivity index (χ1) is 19.3. The number of fused-ring (bicyclic) bond motifs is 8. The van der Waals surface area contributed by atoms with Gasteiger partial charge in [0.05, 0.1) is 0 Å². The SMILES string of the molecule is CCC1=C2c3c(-c4ccccc4)cccc3[CH]1[V]([CH3])([CH3])[CH]1C(CC)=C(c3c(-c4ccccc4)cccc31)[Si]2(C)C. The van der Waals surface area contributed by atoms with Gasteiger partial charge in [-0.1, -0.05) is 0 Å². The molecule has 4 aromatic carbocycles. The normalized spacial score (nSPS) is 21.6. The van der Waals surface area contributed by atoms with Crippen molar-refractivity contribution in [2.75, 3.05) is 0 Å². The Kier molecular flexibility index (Phi) is 6.10. The second-order valence-corrected chi connectivity index (χ2v) is 23.8. The fraction of sp³-hybridized carbons (Fsp3) is 0.263. The van der Waals surface area contributed by atoms with Crippen molar-refractivity contribution in [3.63, 3.8) is 0 Å². The summed E-state index contributed by atoms with van der Waals surface area (Å²) in [4.78, 5) is 0. The molecule has 2 heteroatoms. The summed E-state index contributed by atoms with van der Waals surface area (Å²) < 4.78 is 1.20. The van der Waals surface area contributed by atoms with Gasteiger partial charge in [-0.3, -0.25) is 0 Å². The van der Waals surface area contributed by atoms with Crippen LogP contribution in [0.3, 0.4) is 0 Å². The van der Waals surface area contributed by atoms with Crippen molar-refractivity contribution in [3.8, 4) is 22.3 Å². The summed E-state index contributed by atoms with van der Waals surface area (Å²) in [5, 5.41) is 3.53. The third-order valence-corrected chi connectivity index (χ3v) is 19.7. The molecule has 4 bridgehead atoms. The maximum atomic E-state index is 2.75. The molecular formula is C38H40SiV. The molecule has 0 saturated heterocycles. The molecule has 2 atom stereocenters. The van der Waals surface area contributed by atoms with E-state index in [1.54, 1.807) is 43.8 Å². The predicted octanol–water partition coefficient (Wildman–Crippen LogP) is 11.2. The van der Waals surface area contributed by atoms with Crippen LogP contribution in [-0.2, 0) is 14.0 Å². The first kappa shape index (κ1) is 26.1. The summed E-state index contributed by atoms with van der Waals surface area (Å²) in [6.45, 7) is 10.3. The second kappa shape index (κ2) is 9.35. The van der Waals surface area contributed by atoms with Gasteiger partial charge in [0.1, 0.15) is 0 Å². The molecule has 0 amide bonds. The van der Waals surface area contributed by atoms with Crippen LogP contribution in [0.4, 0.5) is 0 Å². The summed E-state index contributed by atoms with van der Waals surface area (Å²) in [6, 6.07) is 36.9. The molecular weight excluding hydrogens is 535 g/mol. The fourth-order valence-corrected chi connectivity index (χ4v) is 20.4. The monoisotopic (exact) mass is 575 g/mol. The number of hydrogen-bond acceptors (Lipinski definition) is 0. The molecule has 0 N–H and O–H groups in total. The van der Waals surface area contributed by atoms with Gasteiger partial charge >= 0.3 is 246 Å². The van der Waals surface area contributed by atoms with E-state index in [4.69, 9.17) is 0 Å². The topological polar surface area (TPSA) is 0 Å². The van der Waals surface area contributed by atoms with E-state index < -0.39 is 22.1 Å². The quantitative estimate of drug-likeness (QED) is 0.212. The van der Waals surface area contributed by atoms with Crippen molar-refractivity contribution in [1.29, 1.82) is 0 Å². The molecule has 1 heterocycles. The zero-order valence-electron chi connectivity index (χ0n) is 24.8. The van der Waals surface area contributed by atoms with Crippen molar-refractivity contribution in [2.45, 2.75) is 60.3 Å². The molecule has 40 heavy (non-hydrogen) atoms. The molecule has 0 nitrogen and oxygen atoms in total. The van der Waals surface area contributed by atoms with E-state index in [-0.39, 0.29) is 0 Å². The van der Waals surface area contributed by atoms with Crippen LogP contribution in [0.15, 0.2) is 108 Å². The van der Waals surface area contributed by atoms with Gasteiger partial charge in [-0.05, 0) is 0 Å². The van der Waals surface area contributed by atoms with E-state index >= 15 is 0 Å². The summed E-state index contributed by atoms with van der Waals surface area (Å²) in [5.41, 5.74) is 21.2. The van der Waals surface area contributed by atoms with Gasteiger partial charge in [0.15, 0.2) is 0 Å². The summed E-state index contributed by atoms with van der Waals surface area (Å²) in [5.74, 6) is 0. The molecule has 0 aromatic heterocycles. The second-order valence-electron chi connectivity index (χ2n) is 12.8. The average Bonchev–Trinajstić information content (AvgIpc) is 3.53. The molecule has 4 aromatic rings. The van der Waals surface area contributed by atoms with Crippen LogP contribution >= 0.6 is 0 Å². The molecule has 7 rings (SSSR count). The van der Waals surface area contributed by atoms with Crippen LogP contribution in [0.5, 0.6) is 0 Å². The molecule has 201 valence electrons. The van der Waals surface area contributed by atoms with Gasteiger partial charge in [0.2, 0.25) is 0 Å². The summed E-state index contributed by atoms with van der Waals surface area (Å²) in [7, 11) is -2.12. The van der Waals surface area contributed by atoms with E-state index in [0.29, 0.717) is 9.26 Å². The minimum atomic E-state index is -2.39. The third-order valence-electron chi connectivity index (χ3n) is 10.1. The van der Waals surface area contributed by atoms with E-state index in [2.05, 4.69) is 135 Å². The molecule has 2 unspecified atom stereocenters. The Labute approximate surface area is 244 Å². The number of benzene rings is 4. The number of allylic oxidation sites excluding steroid dienone is 2. The standard InChI is InChI=1S/C36H34Si.2CH3.V/c1-5-25-23-29-19-13-21-31(27-15-9-7-10-16-27)33(29)35(25)37(3,4)36-26(6-2)24-30-20-14-22-32(34(30)36)28-17-11-8-12-18-28;;;/h7-24H,5-6H2,1-4H3;2*1H3;. The molecule has 0 spiro atoms. The Morgan fingerprint density at radius 1 is 0.550 bits per heavy atom. The minimum absolute atomic E-state index is 0.600. The zero-order valence-corrected chi connectivity index (χ0v) is 27.2. The van der Waals surface area contributed by atoms with Gasteiger partial charge in [-0.15, -0.1) is 0 Å². The van der Waals surface area contributed by atoms with Crippen molar-refractivity contribution in [3.05, 3.63) is 130 Å². The molecule has 1 aliphatic heterocycles. The third kappa shape index (κ3) is 3.44. The van der Waals surface area contributed by atoms with E-state index in [0.717, 1.165) is 12.8 Å².